The van der Waals surface area contributed by atoms with Gasteiger partial charge in [0.05, 0.1) is 11.9 Å². The van der Waals surface area contributed by atoms with Crippen molar-refractivity contribution in [2.45, 2.75) is 13.3 Å². The normalized spacial score (nSPS) is 12.7. The van der Waals surface area contributed by atoms with Gasteiger partial charge < -0.3 is 10.6 Å². The molecule has 2 N–H and O–H groups in total. The summed E-state index contributed by atoms with van der Waals surface area (Å²) >= 11 is 5.87. The molecule has 1 amide bonds. The Balaban J connectivity index is 1.80. The van der Waals surface area contributed by atoms with Crippen molar-refractivity contribution in [2.24, 2.45) is 0 Å². The molecular weight excluding hydrogens is 274 g/mol. The van der Waals surface area contributed by atoms with Crippen molar-refractivity contribution in [2.75, 3.05) is 17.2 Å². The van der Waals surface area contributed by atoms with Crippen molar-refractivity contribution >= 4 is 28.9 Å². The predicted octanol–water partition coefficient (Wildman–Crippen LogP) is 3.26. The number of fused-ring (bicyclic) bond motifs is 1. The fourth-order valence-corrected chi connectivity index (χ4v) is 2.38. The molecule has 0 saturated carbocycles. The molecule has 4 nitrogen and oxygen atoms in total. The third-order valence-electron chi connectivity index (χ3n) is 3.35. The van der Waals surface area contributed by atoms with Crippen molar-refractivity contribution < 1.29 is 4.79 Å². The van der Waals surface area contributed by atoms with Gasteiger partial charge in [0.2, 0.25) is 0 Å². The van der Waals surface area contributed by atoms with E-state index in [1.165, 1.54) is 5.56 Å². The summed E-state index contributed by atoms with van der Waals surface area (Å²) < 4.78 is 0. The van der Waals surface area contributed by atoms with E-state index in [1.54, 1.807) is 6.20 Å². The second-order valence-electron chi connectivity index (χ2n) is 4.83. The molecule has 2 heterocycles. The van der Waals surface area contributed by atoms with Crippen LogP contribution in [-0.2, 0) is 6.42 Å². The highest BCUT2D eigenvalue weighted by Gasteiger charge is 2.13. The minimum absolute atomic E-state index is 0.136. The molecule has 1 aromatic heterocycles. The zero-order valence-electron chi connectivity index (χ0n) is 11.0. The van der Waals surface area contributed by atoms with Crippen LogP contribution in [0, 0.1) is 6.92 Å². The number of amides is 1. The molecule has 0 unspecified atom stereocenters. The Kier molecular flexibility index (Phi) is 3.32. The second-order valence-corrected chi connectivity index (χ2v) is 5.19. The van der Waals surface area contributed by atoms with Crippen LogP contribution >= 0.6 is 11.6 Å². The van der Waals surface area contributed by atoms with Gasteiger partial charge in [-0.25, -0.2) is 4.98 Å². The van der Waals surface area contributed by atoms with Gasteiger partial charge in [0.1, 0.15) is 5.15 Å². The maximum atomic E-state index is 12.2. The number of carbonyl (C=O) groups is 1. The van der Waals surface area contributed by atoms with E-state index in [-0.39, 0.29) is 5.91 Å². The van der Waals surface area contributed by atoms with Crippen molar-refractivity contribution in [1.29, 1.82) is 0 Å². The first-order chi connectivity index (χ1) is 9.63. The summed E-state index contributed by atoms with van der Waals surface area (Å²) in [6, 6.07) is 7.51. The fraction of sp³-hybridized carbons (Fsp3) is 0.200. The van der Waals surface area contributed by atoms with Crippen LogP contribution in [0.25, 0.3) is 0 Å². The highest BCUT2D eigenvalue weighted by atomic mass is 35.5. The van der Waals surface area contributed by atoms with Gasteiger partial charge in [0.25, 0.3) is 5.91 Å². The lowest BCUT2D eigenvalue weighted by molar-refractivity contribution is 0.102. The van der Waals surface area contributed by atoms with E-state index in [0.717, 1.165) is 24.2 Å². The molecule has 0 spiro atoms. The molecule has 0 saturated heterocycles. The van der Waals surface area contributed by atoms with Crippen molar-refractivity contribution in [3.8, 4) is 0 Å². The van der Waals surface area contributed by atoms with Crippen LogP contribution in [0.4, 0.5) is 11.4 Å². The largest absolute Gasteiger partial charge is 0.384 e. The van der Waals surface area contributed by atoms with Gasteiger partial charge in [-0.1, -0.05) is 11.6 Å². The molecule has 0 aliphatic carbocycles. The third-order valence-corrected chi connectivity index (χ3v) is 3.75. The van der Waals surface area contributed by atoms with Gasteiger partial charge in [-0.3, -0.25) is 4.79 Å². The summed E-state index contributed by atoms with van der Waals surface area (Å²) in [5.41, 5.74) is 4.44. The maximum absolute atomic E-state index is 12.2. The van der Waals surface area contributed by atoms with E-state index in [4.69, 9.17) is 11.6 Å². The Labute approximate surface area is 122 Å². The molecule has 20 heavy (non-hydrogen) atoms. The molecule has 3 rings (SSSR count). The van der Waals surface area contributed by atoms with Crippen LogP contribution in [0.3, 0.4) is 0 Å². The van der Waals surface area contributed by atoms with Crippen molar-refractivity contribution in [3.05, 3.63) is 52.3 Å². The van der Waals surface area contributed by atoms with Gasteiger partial charge in [-0.05, 0) is 48.7 Å². The van der Waals surface area contributed by atoms with E-state index >= 15 is 0 Å². The Morgan fingerprint density at radius 2 is 2.25 bits per heavy atom. The minimum Gasteiger partial charge on any atom is -0.384 e. The van der Waals surface area contributed by atoms with E-state index < -0.39 is 0 Å². The highest BCUT2D eigenvalue weighted by Crippen LogP contribution is 2.23. The van der Waals surface area contributed by atoms with Gasteiger partial charge in [0, 0.05) is 17.8 Å². The zero-order valence-corrected chi connectivity index (χ0v) is 11.8. The maximum Gasteiger partial charge on any atom is 0.255 e. The number of rotatable bonds is 2. The van der Waals surface area contributed by atoms with Gasteiger partial charge in [0.15, 0.2) is 0 Å². The monoisotopic (exact) mass is 287 g/mol. The average molecular weight is 288 g/mol. The van der Waals surface area contributed by atoms with Crippen LogP contribution in [0.2, 0.25) is 5.15 Å². The Morgan fingerprint density at radius 1 is 1.40 bits per heavy atom. The highest BCUT2D eigenvalue weighted by molar-refractivity contribution is 6.30. The summed E-state index contributed by atoms with van der Waals surface area (Å²) in [6.07, 6.45) is 2.51. The molecule has 0 bridgehead atoms. The molecule has 0 radical (unpaired) electrons. The van der Waals surface area contributed by atoms with Gasteiger partial charge >= 0.3 is 0 Å². The lowest BCUT2D eigenvalue weighted by Crippen LogP contribution is -2.12. The fourth-order valence-electron chi connectivity index (χ4n) is 2.28. The van der Waals surface area contributed by atoms with E-state index in [0.29, 0.717) is 16.4 Å². The standard InChI is InChI=1S/C15H14ClN3O/c1-9-6-12(8-18-14(9)16)19-15(20)11-2-3-13-10(7-11)4-5-17-13/h2-3,6-8,17H,4-5H2,1H3,(H,19,20). The number of halogens is 1. The molecule has 1 aliphatic rings. The molecule has 1 aromatic carbocycles. The SMILES string of the molecule is Cc1cc(NC(=O)c2ccc3c(c2)CCN3)cnc1Cl. The first kappa shape index (κ1) is 12.9. The van der Waals surface area contributed by atoms with Gasteiger partial charge in [-0.15, -0.1) is 0 Å². The number of hydrogen-bond donors (Lipinski definition) is 2. The zero-order chi connectivity index (χ0) is 14.1. The molecule has 0 atom stereocenters. The van der Waals surface area contributed by atoms with E-state index in [1.807, 2.05) is 31.2 Å². The summed E-state index contributed by atoms with van der Waals surface area (Å²) in [7, 11) is 0. The molecule has 5 heteroatoms. The first-order valence-electron chi connectivity index (χ1n) is 6.44. The first-order valence-corrected chi connectivity index (χ1v) is 6.81. The third kappa shape index (κ3) is 2.47. The molecular formula is C15H14ClN3O. The van der Waals surface area contributed by atoms with Crippen LogP contribution in [-0.4, -0.2) is 17.4 Å². The van der Waals surface area contributed by atoms with E-state index in [2.05, 4.69) is 15.6 Å². The molecule has 0 fully saturated rings. The number of nitrogens with zero attached hydrogens (tertiary/aromatic N) is 1. The van der Waals surface area contributed by atoms with Crippen molar-refractivity contribution in [3.63, 3.8) is 0 Å². The number of nitrogens with one attached hydrogen (secondary N) is 2. The van der Waals surface area contributed by atoms with Gasteiger partial charge in [-0.2, -0.15) is 0 Å². The summed E-state index contributed by atoms with van der Waals surface area (Å²) in [6.45, 7) is 2.78. The summed E-state index contributed by atoms with van der Waals surface area (Å²) in [5, 5.41) is 6.56. The number of carbonyl (C=O) groups excluding carboxylic acids is 1. The number of anilines is 2. The van der Waals surface area contributed by atoms with Crippen molar-refractivity contribution in [1.82, 2.24) is 4.98 Å². The smallest absolute Gasteiger partial charge is 0.255 e. The van der Waals surface area contributed by atoms with Crippen LogP contribution < -0.4 is 10.6 Å². The Bertz CT molecular complexity index is 685. The quantitative estimate of drug-likeness (QED) is 0.834. The number of hydrogen-bond acceptors (Lipinski definition) is 3. The number of pyridine rings is 1. The minimum atomic E-state index is -0.136. The number of aryl methyl sites for hydroxylation is 1. The summed E-state index contributed by atoms with van der Waals surface area (Å²) in [4.78, 5) is 16.2. The lowest BCUT2D eigenvalue weighted by atomic mass is 10.1. The molecule has 1 aliphatic heterocycles. The Morgan fingerprint density at radius 3 is 3.05 bits per heavy atom. The Hall–Kier alpha value is -2.07. The average Bonchev–Trinajstić information content (AvgIpc) is 2.90. The lowest BCUT2D eigenvalue weighted by Gasteiger charge is -2.08. The topological polar surface area (TPSA) is 54.0 Å². The van der Waals surface area contributed by atoms with E-state index in [9.17, 15) is 4.79 Å². The van der Waals surface area contributed by atoms with Crippen LogP contribution in [0.5, 0.6) is 0 Å². The van der Waals surface area contributed by atoms with Crippen LogP contribution in [0.15, 0.2) is 30.5 Å². The molecule has 2 aromatic rings. The second kappa shape index (κ2) is 5.13. The predicted molar refractivity (Wildman–Crippen MR) is 80.6 cm³/mol. The van der Waals surface area contributed by atoms with Crippen LogP contribution in [0.1, 0.15) is 21.5 Å². The number of benzene rings is 1. The summed E-state index contributed by atoms with van der Waals surface area (Å²) in [5.74, 6) is -0.136. The molecule has 102 valence electrons. The number of aromatic nitrogens is 1.